The van der Waals surface area contributed by atoms with E-state index in [2.05, 4.69) is 54.2 Å². The highest BCUT2D eigenvalue weighted by molar-refractivity contribution is 7.09. The number of likely N-dealkylation sites (tertiary alicyclic amines) is 1. The van der Waals surface area contributed by atoms with E-state index >= 15 is 0 Å². The summed E-state index contributed by atoms with van der Waals surface area (Å²) in [7, 11) is 0. The van der Waals surface area contributed by atoms with Gasteiger partial charge in [0.15, 0.2) is 5.82 Å². The lowest BCUT2D eigenvalue weighted by molar-refractivity contribution is 0.181. The smallest absolute Gasteiger partial charge is 0.160 e. The Bertz CT molecular complexity index is 849. The van der Waals surface area contributed by atoms with Gasteiger partial charge in [-0.05, 0) is 43.3 Å². The average Bonchev–Trinajstić information content (AvgIpc) is 3.42. The molecule has 2 aliphatic heterocycles. The molecule has 0 spiro atoms. The van der Waals surface area contributed by atoms with Crippen LogP contribution in [0, 0.1) is 0 Å². The maximum Gasteiger partial charge on any atom is 0.160 e. The Morgan fingerprint density at radius 2 is 2.15 bits per heavy atom. The van der Waals surface area contributed by atoms with Crippen molar-refractivity contribution >= 4 is 11.3 Å². The van der Waals surface area contributed by atoms with Gasteiger partial charge in [-0.25, -0.2) is 4.98 Å². The minimum absolute atomic E-state index is 0.515. The minimum atomic E-state index is 0.515. The van der Waals surface area contributed by atoms with E-state index in [0.29, 0.717) is 6.04 Å². The Kier molecular flexibility index (Phi) is 4.82. The van der Waals surface area contributed by atoms with Gasteiger partial charge in [-0.3, -0.25) is 9.58 Å². The summed E-state index contributed by atoms with van der Waals surface area (Å²) in [5.41, 5.74) is 2.28. The monoisotopic (exact) mass is 382 g/mol. The fraction of sp³-hybridized carbons (Fsp3) is 0.500. The third kappa shape index (κ3) is 3.59. The highest BCUT2D eigenvalue weighted by Gasteiger charge is 2.24. The SMILES string of the molecule is c1csc(CN2CCC(n3ccnc3-c3cc4n(n3)CCCNC4)CC2)c1. The van der Waals surface area contributed by atoms with Crippen molar-refractivity contribution in [2.24, 2.45) is 0 Å². The number of fused-ring (bicyclic) bond motifs is 1. The Morgan fingerprint density at radius 3 is 3.00 bits per heavy atom. The van der Waals surface area contributed by atoms with Gasteiger partial charge in [0.05, 0.1) is 5.69 Å². The topological polar surface area (TPSA) is 50.9 Å². The molecule has 6 nitrogen and oxygen atoms in total. The van der Waals surface area contributed by atoms with E-state index in [1.54, 1.807) is 0 Å². The summed E-state index contributed by atoms with van der Waals surface area (Å²) < 4.78 is 4.51. The first-order valence-electron chi connectivity index (χ1n) is 9.92. The van der Waals surface area contributed by atoms with Crippen molar-refractivity contribution < 1.29 is 0 Å². The summed E-state index contributed by atoms with van der Waals surface area (Å²) in [6.45, 7) is 6.33. The predicted octanol–water partition coefficient (Wildman–Crippen LogP) is 3.14. The molecule has 0 bridgehead atoms. The van der Waals surface area contributed by atoms with E-state index in [4.69, 9.17) is 5.10 Å². The molecule has 3 aromatic heterocycles. The lowest BCUT2D eigenvalue weighted by Crippen LogP contribution is -2.34. The molecule has 2 aliphatic rings. The van der Waals surface area contributed by atoms with Crippen molar-refractivity contribution in [3.63, 3.8) is 0 Å². The van der Waals surface area contributed by atoms with Crippen molar-refractivity contribution in [3.8, 4) is 11.5 Å². The van der Waals surface area contributed by atoms with Gasteiger partial charge in [0.1, 0.15) is 5.69 Å². The van der Waals surface area contributed by atoms with Crippen LogP contribution < -0.4 is 5.32 Å². The Morgan fingerprint density at radius 1 is 1.22 bits per heavy atom. The van der Waals surface area contributed by atoms with Gasteiger partial charge in [-0.1, -0.05) is 6.07 Å². The maximum absolute atomic E-state index is 4.86. The van der Waals surface area contributed by atoms with Gasteiger partial charge in [0, 0.05) is 56.0 Å². The molecular weight excluding hydrogens is 356 g/mol. The number of imidazole rings is 1. The molecule has 5 heterocycles. The van der Waals surface area contributed by atoms with Crippen molar-refractivity contribution in [1.29, 1.82) is 0 Å². The lowest BCUT2D eigenvalue weighted by atomic mass is 10.0. The Hall–Kier alpha value is -1.96. The standard InChI is InChI=1S/C20H26N6S/c1-3-18(27-12-1)15-24-9-4-16(5-10-24)25-11-7-22-20(25)19-13-17-14-21-6-2-8-26(17)23-19/h1,3,7,11-13,16,21H,2,4-6,8-10,14-15H2. The molecule has 0 aromatic carbocycles. The first kappa shape index (κ1) is 17.2. The molecule has 7 heteroatoms. The number of hydrogen-bond acceptors (Lipinski definition) is 5. The van der Waals surface area contributed by atoms with Gasteiger partial charge < -0.3 is 9.88 Å². The van der Waals surface area contributed by atoms with Crippen molar-refractivity contribution in [2.45, 2.75) is 44.9 Å². The number of nitrogens with zero attached hydrogens (tertiary/aromatic N) is 5. The molecule has 0 saturated carbocycles. The van der Waals surface area contributed by atoms with Crippen LogP contribution in [0.3, 0.4) is 0 Å². The number of hydrogen-bond donors (Lipinski definition) is 1. The number of nitrogens with one attached hydrogen (secondary N) is 1. The van der Waals surface area contributed by atoms with E-state index in [0.717, 1.165) is 57.2 Å². The van der Waals surface area contributed by atoms with Crippen molar-refractivity contribution in [3.05, 3.63) is 46.5 Å². The van der Waals surface area contributed by atoms with Gasteiger partial charge >= 0.3 is 0 Å². The van der Waals surface area contributed by atoms with Gasteiger partial charge in [-0.2, -0.15) is 5.10 Å². The Balaban J connectivity index is 1.30. The van der Waals surface area contributed by atoms with Gasteiger partial charge in [-0.15, -0.1) is 11.3 Å². The molecule has 5 rings (SSSR count). The zero-order chi connectivity index (χ0) is 18.1. The summed E-state index contributed by atoms with van der Waals surface area (Å²) in [6.07, 6.45) is 7.53. The third-order valence-corrected chi connectivity index (χ3v) is 6.56. The average molecular weight is 383 g/mol. The summed E-state index contributed by atoms with van der Waals surface area (Å²) in [5, 5.41) is 10.5. The largest absolute Gasteiger partial charge is 0.326 e. The van der Waals surface area contributed by atoms with Crippen molar-refractivity contribution in [2.75, 3.05) is 19.6 Å². The normalized spacial score (nSPS) is 19.1. The second-order valence-electron chi connectivity index (χ2n) is 7.52. The summed E-state index contributed by atoms with van der Waals surface area (Å²) >= 11 is 1.86. The second kappa shape index (κ2) is 7.58. The van der Waals surface area contributed by atoms with Crippen LogP contribution in [0.1, 0.15) is 35.9 Å². The third-order valence-electron chi connectivity index (χ3n) is 5.70. The highest BCUT2D eigenvalue weighted by atomic mass is 32.1. The lowest BCUT2D eigenvalue weighted by Gasteiger charge is -2.32. The number of aromatic nitrogens is 4. The van der Waals surface area contributed by atoms with Gasteiger partial charge in [0.2, 0.25) is 0 Å². The van der Waals surface area contributed by atoms with Crippen LogP contribution in [-0.2, 0) is 19.6 Å². The predicted molar refractivity (Wildman–Crippen MR) is 108 cm³/mol. The number of aryl methyl sites for hydroxylation is 1. The molecule has 0 radical (unpaired) electrons. The van der Waals surface area contributed by atoms with Crippen LogP contribution in [0.25, 0.3) is 11.5 Å². The zero-order valence-corrected chi connectivity index (χ0v) is 16.4. The molecule has 27 heavy (non-hydrogen) atoms. The van der Waals surface area contributed by atoms with Crippen LogP contribution in [0.5, 0.6) is 0 Å². The first-order valence-corrected chi connectivity index (χ1v) is 10.8. The molecule has 1 saturated heterocycles. The Labute approximate surface area is 163 Å². The first-order chi connectivity index (χ1) is 13.4. The molecule has 3 aromatic rings. The molecule has 0 aliphatic carbocycles. The summed E-state index contributed by atoms with van der Waals surface area (Å²) in [5.74, 6) is 1.02. The van der Waals surface area contributed by atoms with E-state index < -0.39 is 0 Å². The van der Waals surface area contributed by atoms with E-state index in [-0.39, 0.29) is 0 Å². The zero-order valence-electron chi connectivity index (χ0n) is 15.5. The van der Waals surface area contributed by atoms with Crippen LogP contribution in [0.2, 0.25) is 0 Å². The quantitative estimate of drug-likeness (QED) is 0.753. The molecule has 142 valence electrons. The minimum Gasteiger partial charge on any atom is -0.326 e. The molecular formula is C20H26N6S. The molecule has 1 N–H and O–H groups in total. The fourth-order valence-electron chi connectivity index (χ4n) is 4.26. The van der Waals surface area contributed by atoms with E-state index in [1.165, 1.54) is 23.4 Å². The second-order valence-corrected chi connectivity index (χ2v) is 8.55. The summed E-state index contributed by atoms with van der Waals surface area (Å²) in [4.78, 5) is 8.70. The molecule has 0 amide bonds. The number of thiophene rings is 1. The number of piperidine rings is 1. The molecule has 0 unspecified atom stereocenters. The molecule has 1 fully saturated rings. The van der Waals surface area contributed by atoms with E-state index in [9.17, 15) is 0 Å². The highest BCUT2D eigenvalue weighted by Crippen LogP contribution is 2.29. The van der Waals surface area contributed by atoms with Crippen LogP contribution in [0.15, 0.2) is 36.0 Å². The number of rotatable bonds is 4. The maximum atomic E-state index is 4.86. The van der Waals surface area contributed by atoms with Crippen molar-refractivity contribution in [1.82, 2.24) is 29.5 Å². The van der Waals surface area contributed by atoms with Gasteiger partial charge in [0.25, 0.3) is 0 Å². The summed E-state index contributed by atoms with van der Waals surface area (Å²) in [6, 6.07) is 7.11. The fourth-order valence-corrected chi connectivity index (χ4v) is 5.00. The van der Waals surface area contributed by atoms with Crippen LogP contribution in [0.4, 0.5) is 0 Å². The van der Waals surface area contributed by atoms with Crippen LogP contribution >= 0.6 is 11.3 Å². The van der Waals surface area contributed by atoms with E-state index in [1.807, 2.05) is 17.5 Å². The molecule has 0 atom stereocenters. The van der Waals surface area contributed by atoms with Crippen LogP contribution in [-0.4, -0.2) is 43.9 Å².